The monoisotopic (exact) mass is 627 g/mol. The molecule has 2 amide bonds. The molecule has 43 heavy (non-hydrogen) atoms. The first-order valence-electron chi connectivity index (χ1n) is 14.2. The highest BCUT2D eigenvalue weighted by Crippen LogP contribution is 2.36. The van der Waals surface area contributed by atoms with E-state index in [1.807, 2.05) is 50.2 Å². The van der Waals surface area contributed by atoms with Crippen molar-refractivity contribution < 1.29 is 27.5 Å². The van der Waals surface area contributed by atoms with Gasteiger partial charge in [0, 0.05) is 43.6 Å². The van der Waals surface area contributed by atoms with E-state index in [1.165, 1.54) is 4.31 Å². The Kier molecular flexibility index (Phi) is 10.9. The molecule has 1 atom stereocenters. The van der Waals surface area contributed by atoms with Crippen molar-refractivity contribution in [2.75, 3.05) is 30.4 Å². The van der Waals surface area contributed by atoms with Gasteiger partial charge in [-0.15, -0.1) is 0 Å². The molecule has 0 aliphatic carbocycles. The molecule has 0 bridgehead atoms. The number of carbonyl (C=O) groups is 2. The predicted molar refractivity (Wildman–Crippen MR) is 168 cm³/mol. The number of carbonyl (C=O) groups excluding carboxylic acids is 2. The van der Waals surface area contributed by atoms with Crippen molar-refractivity contribution in [3.8, 4) is 11.5 Å². The van der Waals surface area contributed by atoms with Crippen molar-refractivity contribution in [3.05, 3.63) is 88.9 Å². The molecule has 1 aliphatic rings. The smallest absolute Gasteiger partial charge is 0.243 e. The molecule has 9 nitrogen and oxygen atoms in total. The Morgan fingerprint density at radius 1 is 0.953 bits per heavy atom. The molecule has 0 saturated carbocycles. The van der Waals surface area contributed by atoms with E-state index in [2.05, 4.69) is 5.32 Å². The van der Waals surface area contributed by atoms with Gasteiger partial charge in [-0.25, -0.2) is 8.42 Å². The van der Waals surface area contributed by atoms with Crippen molar-refractivity contribution in [3.63, 3.8) is 0 Å². The molecule has 0 spiro atoms. The van der Waals surface area contributed by atoms with Crippen LogP contribution in [-0.2, 0) is 32.6 Å². The summed E-state index contributed by atoms with van der Waals surface area (Å²) in [5.74, 6) is 0.734. The van der Waals surface area contributed by atoms with Gasteiger partial charge in [0.2, 0.25) is 28.6 Å². The van der Waals surface area contributed by atoms with E-state index in [1.54, 1.807) is 41.3 Å². The first-order chi connectivity index (χ1) is 20.5. The Morgan fingerprint density at radius 2 is 1.67 bits per heavy atom. The van der Waals surface area contributed by atoms with Crippen LogP contribution in [0.5, 0.6) is 11.5 Å². The fraction of sp³-hybridized carbons (Fsp3) is 0.375. The Hall–Kier alpha value is -3.76. The van der Waals surface area contributed by atoms with E-state index in [0.29, 0.717) is 35.2 Å². The first kappa shape index (κ1) is 32.2. The van der Waals surface area contributed by atoms with Crippen molar-refractivity contribution in [1.29, 1.82) is 0 Å². The lowest BCUT2D eigenvalue weighted by Crippen LogP contribution is -2.51. The zero-order valence-corrected chi connectivity index (χ0v) is 26.2. The summed E-state index contributed by atoms with van der Waals surface area (Å²) in [7, 11) is -3.66. The maximum atomic E-state index is 13.9. The van der Waals surface area contributed by atoms with Crippen LogP contribution in [0.4, 0.5) is 5.69 Å². The summed E-state index contributed by atoms with van der Waals surface area (Å²) >= 11 is 6.26. The number of ether oxygens (including phenoxy) is 2. The number of halogens is 1. The fourth-order valence-corrected chi connectivity index (χ4v) is 6.02. The van der Waals surface area contributed by atoms with Gasteiger partial charge >= 0.3 is 0 Å². The standard InChI is InChI=1S/C32H38ClN3O6S/c1-23(2)20-34-32(38)28(18-24-9-5-4-6-10-24)35(21-25-11-7-12-26(33)17-25)31(37)13-8-16-36(43(3,39)40)27-14-15-29-30(19-27)42-22-41-29/h4-7,9-12,14-15,17,19,23,28H,8,13,16,18,20-22H2,1-3H3,(H,34,38)/t28-/m0/s1. The van der Waals surface area contributed by atoms with Crippen molar-refractivity contribution >= 4 is 39.1 Å². The minimum Gasteiger partial charge on any atom is -0.454 e. The second-order valence-electron chi connectivity index (χ2n) is 11.0. The van der Waals surface area contributed by atoms with E-state index < -0.39 is 16.1 Å². The van der Waals surface area contributed by atoms with Crippen LogP contribution in [0, 0.1) is 5.92 Å². The van der Waals surface area contributed by atoms with Crippen molar-refractivity contribution in [1.82, 2.24) is 10.2 Å². The number of hydrogen-bond acceptors (Lipinski definition) is 6. The van der Waals surface area contributed by atoms with Gasteiger partial charge in [-0.3, -0.25) is 13.9 Å². The van der Waals surface area contributed by atoms with Crippen LogP contribution < -0.4 is 19.1 Å². The number of sulfonamides is 1. The molecule has 230 valence electrons. The Labute approximate surface area is 258 Å². The molecular weight excluding hydrogens is 590 g/mol. The molecule has 3 aromatic rings. The number of nitrogens with one attached hydrogen (secondary N) is 1. The van der Waals surface area contributed by atoms with Gasteiger partial charge < -0.3 is 19.7 Å². The van der Waals surface area contributed by atoms with E-state index in [0.717, 1.165) is 17.4 Å². The minimum atomic E-state index is -3.66. The summed E-state index contributed by atoms with van der Waals surface area (Å²) in [5, 5.41) is 3.53. The van der Waals surface area contributed by atoms with Crippen molar-refractivity contribution in [2.24, 2.45) is 5.92 Å². The number of anilines is 1. The number of nitrogens with zero attached hydrogens (tertiary/aromatic N) is 2. The molecule has 0 fully saturated rings. The summed E-state index contributed by atoms with van der Waals surface area (Å²) in [6.45, 7) is 4.80. The van der Waals surface area contributed by atoms with Crippen LogP contribution in [0.1, 0.15) is 37.8 Å². The Bertz CT molecular complexity index is 1520. The molecule has 3 aromatic carbocycles. The summed E-state index contributed by atoms with van der Waals surface area (Å²) < 4.78 is 37.5. The highest BCUT2D eigenvalue weighted by Gasteiger charge is 2.31. The fourth-order valence-electron chi connectivity index (χ4n) is 4.85. The van der Waals surface area contributed by atoms with Gasteiger partial charge in [0.1, 0.15) is 6.04 Å². The SMILES string of the molecule is CC(C)CNC(=O)[C@H](Cc1ccccc1)N(Cc1cccc(Cl)c1)C(=O)CCCN(c1ccc2c(c1)OCO2)S(C)(=O)=O. The molecule has 0 radical (unpaired) electrons. The quantitative estimate of drug-likeness (QED) is 0.269. The van der Waals surface area contributed by atoms with Gasteiger partial charge in [-0.2, -0.15) is 0 Å². The van der Waals surface area contributed by atoms with E-state index in [-0.39, 0.29) is 50.5 Å². The van der Waals surface area contributed by atoms with E-state index >= 15 is 0 Å². The Morgan fingerprint density at radius 3 is 2.37 bits per heavy atom. The number of fused-ring (bicyclic) bond motifs is 1. The second kappa shape index (κ2) is 14.6. The third-order valence-corrected chi connectivity index (χ3v) is 8.42. The summed E-state index contributed by atoms with van der Waals surface area (Å²) in [6.07, 6.45) is 1.71. The van der Waals surface area contributed by atoms with Crippen LogP contribution in [-0.4, -0.2) is 57.3 Å². The summed E-state index contributed by atoms with van der Waals surface area (Å²) in [5.41, 5.74) is 2.13. The molecule has 1 aliphatic heterocycles. The maximum absolute atomic E-state index is 13.9. The largest absolute Gasteiger partial charge is 0.454 e. The first-order valence-corrected chi connectivity index (χ1v) is 16.5. The maximum Gasteiger partial charge on any atom is 0.243 e. The minimum absolute atomic E-state index is 0.0277. The molecule has 11 heteroatoms. The van der Waals surface area contributed by atoms with Gasteiger partial charge in [-0.1, -0.05) is 67.9 Å². The molecule has 4 rings (SSSR count). The summed E-state index contributed by atoms with van der Waals surface area (Å²) in [6, 6.07) is 20.9. The molecule has 0 saturated heterocycles. The Balaban J connectivity index is 1.57. The molecule has 1 N–H and O–H groups in total. The molecular formula is C32H38ClN3O6S. The van der Waals surface area contributed by atoms with E-state index in [4.69, 9.17) is 21.1 Å². The number of hydrogen-bond donors (Lipinski definition) is 1. The number of benzene rings is 3. The van der Waals surface area contributed by atoms with Crippen molar-refractivity contribution in [2.45, 2.75) is 45.7 Å². The third-order valence-electron chi connectivity index (χ3n) is 6.99. The summed E-state index contributed by atoms with van der Waals surface area (Å²) in [4.78, 5) is 29.1. The lowest BCUT2D eigenvalue weighted by molar-refractivity contribution is -0.141. The topological polar surface area (TPSA) is 105 Å². The highest BCUT2D eigenvalue weighted by molar-refractivity contribution is 7.92. The number of amides is 2. The van der Waals surface area contributed by atoms with Crippen LogP contribution in [0.3, 0.4) is 0 Å². The van der Waals surface area contributed by atoms with Gasteiger partial charge in [0.05, 0.1) is 11.9 Å². The lowest BCUT2D eigenvalue weighted by atomic mass is 10.0. The zero-order valence-electron chi connectivity index (χ0n) is 24.7. The molecule has 1 heterocycles. The average molecular weight is 628 g/mol. The van der Waals surface area contributed by atoms with Gasteiger partial charge in [0.15, 0.2) is 11.5 Å². The molecule has 0 aromatic heterocycles. The average Bonchev–Trinajstić information content (AvgIpc) is 3.44. The normalized spacial score (nSPS) is 13.0. The van der Waals surface area contributed by atoms with Gasteiger partial charge in [-0.05, 0) is 47.7 Å². The number of rotatable bonds is 14. The third kappa shape index (κ3) is 9.11. The van der Waals surface area contributed by atoms with E-state index in [9.17, 15) is 18.0 Å². The van der Waals surface area contributed by atoms with Crippen LogP contribution >= 0.6 is 11.6 Å². The lowest BCUT2D eigenvalue weighted by Gasteiger charge is -2.32. The van der Waals surface area contributed by atoms with Gasteiger partial charge in [0.25, 0.3) is 0 Å². The second-order valence-corrected chi connectivity index (χ2v) is 13.3. The van der Waals surface area contributed by atoms with Crippen LogP contribution in [0.2, 0.25) is 5.02 Å². The highest BCUT2D eigenvalue weighted by atomic mass is 35.5. The van der Waals surface area contributed by atoms with Crippen LogP contribution in [0.25, 0.3) is 0 Å². The predicted octanol–water partition coefficient (Wildman–Crippen LogP) is 5.03. The zero-order chi connectivity index (χ0) is 31.0. The van der Waals surface area contributed by atoms with Crippen LogP contribution in [0.15, 0.2) is 72.8 Å². The molecule has 0 unspecified atom stereocenters.